The third kappa shape index (κ3) is 3.80. The van der Waals surface area contributed by atoms with Crippen LogP contribution in [-0.4, -0.2) is 49.2 Å². The monoisotopic (exact) mass is 311 g/mol. The van der Waals surface area contributed by atoms with E-state index in [1.54, 1.807) is 0 Å². The van der Waals surface area contributed by atoms with E-state index in [4.69, 9.17) is 9.47 Å². The van der Waals surface area contributed by atoms with Crippen LogP contribution in [0, 0.1) is 11.3 Å². The second-order valence-corrected chi connectivity index (χ2v) is 7.51. The highest BCUT2D eigenvalue weighted by atomic mass is 16.5. The van der Waals surface area contributed by atoms with E-state index in [-0.39, 0.29) is 29.9 Å². The maximum Gasteiger partial charge on any atom is 0.311 e. The number of hydrogen-bond acceptors (Lipinski definition) is 5. The van der Waals surface area contributed by atoms with E-state index >= 15 is 0 Å². The van der Waals surface area contributed by atoms with Crippen molar-refractivity contribution in [1.82, 2.24) is 4.90 Å². The van der Waals surface area contributed by atoms with E-state index in [9.17, 15) is 9.59 Å². The maximum atomic E-state index is 12.0. The molecule has 2 rings (SSSR count). The zero-order valence-electron chi connectivity index (χ0n) is 14.3. The largest absolute Gasteiger partial charge is 0.469 e. The van der Waals surface area contributed by atoms with E-state index in [0.29, 0.717) is 6.61 Å². The highest BCUT2D eigenvalue weighted by Crippen LogP contribution is 2.35. The van der Waals surface area contributed by atoms with Gasteiger partial charge in [-0.05, 0) is 53.0 Å². The van der Waals surface area contributed by atoms with Gasteiger partial charge >= 0.3 is 11.9 Å². The van der Waals surface area contributed by atoms with Crippen LogP contribution in [-0.2, 0) is 19.1 Å². The van der Waals surface area contributed by atoms with Crippen molar-refractivity contribution >= 4 is 11.9 Å². The van der Waals surface area contributed by atoms with Gasteiger partial charge in [-0.1, -0.05) is 6.42 Å². The van der Waals surface area contributed by atoms with Gasteiger partial charge in [-0.15, -0.1) is 0 Å². The number of rotatable bonds is 3. The third-order valence-electron chi connectivity index (χ3n) is 4.86. The summed E-state index contributed by atoms with van der Waals surface area (Å²) in [4.78, 5) is 26.4. The normalized spacial score (nSPS) is 29.5. The predicted molar refractivity (Wildman–Crippen MR) is 83.3 cm³/mol. The molecular formula is C17H29NO4. The molecule has 0 unspecified atom stereocenters. The summed E-state index contributed by atoms with van der Waals surface area (Å²) in [6.45, 7) is 7.01. The summed E-state index contributed by atoms with van der Waals surface area (Å²) in [5.41, 5.74) is -0.467. The van der Waals surface area contributed by atoms with Gasteiger partial charge in [0.05, 0.1) is 18.4 Å². The van der Waals surface area contributed by atoms with Crippen LogP contribution in [0.5, 0.6) is 0 Å². The van der Waals surface area contributed by atoms with E-state index < -0.39 is 5.41 Å². The molecule has 2 heterocycles. The lowest BCUT2D eigenvalue weighted by Crippen LogP contribution is -2.44. The molecule has 2 aliphatic rings. The Morgan fingerprint density at radius 1 is 1.14 bits per heavy atom. The molecule has 0 bridgehead atoms. The summed E-state index contributed by atoms with van der Waals surface area (Å²) in [5.74, 6) is -0.282. The standard InChI is InChI=1S/C17H29NO4/c1-17(2,3)16(20)22-11-12-8-9-14-13(15(19)21-4)7-5-6-10-18(12)14/h12-14H,5-11H2,1-4H3/t12-,13+,14-/m0/s1. The van der Waals surface area contributed by atoms with Crippen LogP contribution in [0.2, 0.25) is 0 Å². The van der Waals surface area contributed by atoms with Gasteiger partial charge in [0, 0.05) is 12.1 Å². The molecule has 0 N–H and O–H groups in total. The first-order chi connectivity index (χ1) is 10.3. The van der Waals surface area contributed by atoms with Crippen LogP contribution < -0.4 is 0 Å². The molecule has 3 atom stereocenters. The van der Waals surface area contributed by atoms with Gasteiger partial charge < -0.3 is 9.47 Å². The predicted octanol–water partition coefficient (Wildman–Crippen LogP) is 2.38. The van der Waals surface area contributed by atoms with Crippen molar-refractivity contribution < 1.29 is 19.1 Å². The van der Waals surface area contributed by atoms with Gasteiger partial charge in [0.25, 0.3) is 0 Å². The van der Waals surface area contributed by atoms with Crippen molar-refractivity contribution in [2.45, 2.75) is 65.0 Å². The van der Waals surface area contributed by atoms with Gasteiger partial charge in [0.2, 0.25) is 0 Å². The summed E-state index contributed by atoms with van der Waals surface area (Å²) < 4.78 is 10.5. The van der Waals surface area contributed by atoms with Crippen molar-refractivity contribution in [2.75, 3.05) is 20.3 Å². The Hall–Kier alpha value is -1.10. The average Bonchev–Trinajstić information content (AvgIpc) is 2.73. The van der Waals surface area contributed by atoms with Crippen LogP contribution in [0.3, 0.4) is 0 Å². The first-order valence-corrected chi connectivity index (χ1v) is 8.35. The molecule has 0 saturated carbocycles. The van der Waals surface area contributed by atoms with E-state index in [1.165, 1.54) is 7.11 Å². The average molecular weight is 311 g/mol. The molecule has 0 aromatic heterocycles. The zero-order chi connectivity index (χ0) is 16.3. The second-order valence-electron chi connectivity index (χ2n) is 7.51. The molecule has 0 aromatic rings. The molecule has 126 valence electrons. The summed E-state index contributed by atoms with van der Waals surface area (Å²) in [6, 6.07) is 0.481. The first kappa shape index (κ1) is 17.3. The highest BCUT2D eigenvalue weighted by molar-refractivity contribution is 5.75. The van der Waals surface area contributed by atoms with Crippen LogP contribution >= 0.6 is 0 Å². The van der Waals surface area contributed by atoms with Gasteiger partial charge in [0.15, 0.2) is 0 Å². The molecule has 0 aromatic carbocycles. The maximum absolute atomic E-state index is 12.0. The lowest BCUT2D eigenvalue weighted by molar-refractivity contribution is -0.155. The lowest BCUT2D eigenvalue weighted by atomic mass is 9.94. The summed E-state index contributed by atoms with van der Waals surface area (Å²) in [6.07, 6.45) is 5.02. The van der Waals surface area contributed by atoms with Gasteiger partial charge in [-0.3, -0.25) is 14.5 Å². The van der Waals surface area contributed by atoms with Crippen LogP contribution in [0.15, 0.2) is 0 Å². The molecule has 0 spiro atoms. The fourth-order valence-corrected chi connectivity index (χ4v) is 3.59. The third-order valence-corrected chi connectivity index (χ3v) is 4.86. The smallest absolute Gasteiger partial charge is 0.311 e. The molecule has 22 heavy (non-hydrogen) atoms. The molecule has 2 saturated heterocycles. The summed E-state index contributed by atoms with van der Waals surface area (Å²) in [5, 5.41) is 0. The number of carbonyl (C=O) groups excluding carboxylic acids is 2. The van der Waals surface area contributed by atoms with Gasteiger partial charge in [-0.2, -0.15) is 0 Å². The van der Waals surface area contributed by atoms with E-state index in [1.807, 2.05) is 20.8 Å². The van der Waals surface area contributed by atoms with Crippen molar-refractivity contribution in [3.63, 3.8) is 0 Å². The number of carbonyl (C=O) groups is 2. The Morgan fingerprint density at radius 2 is 1.86 bits per heavy atom. The molecule has 2 aliphatic heterocycles. The Morgan fingerprint density at radius 3 is 2.50 bits per heavy atom. The molecule has 5 nitrogen and oxygen atoms in total. The van der Waals surface area contributed by atoms with Crippen molar-refractivity contribution in [3.05, 3.63) is 0 Å². The number of ether oxygens (including phenoxy) is 2. The van der Waals surface area contributed by atoms with E-state index in [0.717, 1.165) is 38.6 Å². The topological polar surface area (TPSA) is 55.8 Å². The minimum absolute atomic E-state index is 0.0317. The number of hydrogen-bond donors (Lipinski definition) is 0. The molecule has 0 aliphatic carbocycles. The zero-order valence-corrected chi connectivity index (χ0v) is 14.3. The number of fused-ring (bicyclic) bond motifs is 1. The molecular weight excluding hydrogens is 282 g/mol. The fourth-order valence-electron chi connectivity index (χ4n) is 3.59. The van der Waals surface area contributed by atoms with Crippen LogP contribution in [0.25, 0.3) is 0 Å². The number of esters is 2. The highest BCUT2D eigenvalue weighted by Gasteiger charge is 2.42. The quantitative estimate of drug-likeness (QED) is 0.749. The van der Waals surface area contributed by atoms with Crippen LogP contribution in [0.4, 0.5) is 0 Å². The number of methoxy groups -OCH3 is 1. The summed E-state index contributed by atoms with van der Waals surface area (Å²) >= 11 is 0. The molecule has 0 radical (unpaired) electrons. The van der Waals surface area contributed by atoms with Crippen molar-refractivity contribution in [1.29, 1.82) is 0 Å². The van der Waals surface area contributed by atoms with Crippen molar-refractivity contribution in [2.24, 2.45) is 11.3 Å². The lowest BCUT2D eigenvalue weighted by Gasteiger charge is -2.31. The Kier molecular flexibility index (Phi) is 5.48. The first-order valence-electron chi connectivity index (χ1n) is 8.35. The van der Waals surface area contributed by atoms with Crippen LogP contribution in [0.1, 0.15) is 52.9 Å². The Bertz CT molecular complexity index is 415. The summed E-state index contributed by atoms with van der Waals surface area (Å²) in [7, 11) is 1.47. The fraction of sp³-hybridized carbons (Fsp3) is 0.882. The van der Waals surface area contributed by atoms with Gasteiger partial charge in [-0.25, -0.2) is 0 Å². The Balaban J connectivity index is 1.98. The molecule has 0 amide bonds. The minimum Gasteiger partial charge on any atom is -0.469 e. The van der Waals surface area contributed by atoms with Crippen molar-refractivity contribution in [3.8, 4) is 0 Å². The second kappa shape index (κ2) is 6.99. The Labute approximate surface area is 133 Å². The molecule has 5 heteroatoms. The number of nitrogens with zero attached hydrogens (tertiary/aromatic N) is 1. The van der Waals surface area contributed by atoms with E-state index in [2.05, 4.69) is 4.90 Å². The molecule has 2 fully saturated rings. The SMILES string of the molecule is COC(=O)[C@@H]1CCCCN2[C@H](COC(=O)C(C)(C)C)CC[C@@H]12. The minimum atomic E-state index is -0.467. The van der Waals surface area contributed by atoms with Gasteiger partial charge in [0.1, 0.15) is 6.61 Å².